The number of unbranched alkanes of at least 4 members (excludes halogenated alkanes) is 26. The summed E-state index contributed by atoms with van der Waals surface area (Å²) in [5, 5.41) is 2.96. The van der Waals surface area contributed by atoms with Crippen molar-refractivity contribution in [1.82, 2.24) is 5.32 Å². The third-order valence-electron chi connectivity index (χ3n) is 9.25. The van der Waals surface area contributed by atoms with Crippen LogP contribution in [-0.4, -0.2) is 65.3 Å². The summed E-state index contributed by atoms with van der Waals surface area (Å²) < 4.78 is 22.6. The highest BCUT2D eigenvalue weighted by molar-refractivity contribution is 5.77. The molecule has 0 spiro atoms. The first-order valence-corrected chi connectivity index (χ1v) is 20.8. The number of amides is 1. The van der Waals surface area contributed by atoms with Crippen LogP contribution in [0.25, 0.3) is 0 Å². The standard InChI is InChI=1S/C41H83NO5/c1-4-6-8-10-12-14-16-18-20-22-24-26-28-30-34-45-38-40(32-33-42-41(43)39-46-37-36-44-3)47-35-31-29-27-25-23-21-19-17-15-13-11-9-7-5-2/h40H,4-39H2,1-3H3,(H,42,43). The van der Waals surface area contributed by atoms with E-state index in [9.17, 15) is 4.79 Å². The topological polar surface area (TPSA) is 66.0 Å². The summed E-state index contributed by atoms with van der Waals surface area (Å²) in [4.78, 5) is 12.1. The Morgan fingerprint density at radius 2 is 0.894 bits per heavy atom. The second-order valence-electron chi connectivity index (χ2n) is 13.9. The Labute approximate surface area is 294 Å². The van der Waals surface area contributed by atoms with E-state index >= 15 is 0 Å². The van der Waals surface area contributed by atoms with E-state index in [1.807, 2.05) is 0 Å². The Hall–Kier alpha value is -0.690. The summed E-state index contributed by atoms with van der Waals surface area (Å²) in [6.45, 7) is 8.35. The first kappa shape index (κ1) is 46.3. The van der Waals surface area contributed by atoms with Crippen molar-refractivity contribution in [2.75, 3.05) is 53.3 Å². The Kier molecular flexibility index (Phi) is 40.9. The van der Waals surface area contributed by atoms with Crippen LogP contribution in [0, 0.1) is 0 Å². The number of ether oxygens (including phenoxy) is 4. The molecule has 0 heterocycles. The minimum Gasteiger partial charge on any atom is -0.382 e. The van der Waals surface area contributed by atoms with Crippen LogP contribution in [-0.2, 0) is 23.7 Å². The molecule has 0 aromatic carbocycles. The predicted molar refractivity (Wildman–Crippen MR) is 202 cm³/mol. The van der Waals surface area contributed by atoms with Gasteiger partial charge in [0.2, 0.25) is 5.91 Å². The van der Waals surface area contributed by atoms with Crippen molar-refractivity contribution in [3.63, 3.8) is 0 Å². The predicted octanol–water partition coefficient (Wildman–Crippen LogP) is 11.5. The van der Waals surface area contributed by atoms with Gasteiger partial charge in [0.05, 0.1) is 25.9 Å². The average molecular weight is 670 g/mol. The van der Waals surface area contributed by atoms with Gasteiger partial charge in [0.1, 0.15) is 6.61 Å². The number of hydrogen-bond donors (Lipinski definition) is 1. The lowest BCUT2D eigenvalue weighted by molar-refractivity contribution is -0.126. The van der Waals surface area contributed by atoms with Crippen molar-refractivity contribution in [3.05, 3.63) is 0 Å². The fourth-order valence-corrected chi connectivity index (χ4v) is 6.11. The van der Waals surface area contributed by atoms with Crippen LogP contribution in [0.4, 0.5) is 0 Å². The van der Waals surface area contributed by atoms with Crippen LogP contribution in [0.15, 0.2) is 0 Å². The van der Waals surface area contributed by atoms with E-state index in [4.69, 9.17) is 18.9 Å². The third kappa shape index (κ3) is 39.6. The van der Waals surface area contributed by atoms with E-state index in [0.29, 0.717) is 26.4 Å². The summed E-state index contributed by atoms with van der Waals surface area (Å²) in [6, 6.07) is 0. The van der Waals surface area contributed by atoms with E-state index in [1.54, 1.807) is 7.11 Å². The highest BCUT2D eigenvalue weighted by atomic mass is 16.5. The molecule has 1 amide bonds. The van der Waals surface area contributed by atoms with Gasteiger partial charge in [-0.1, -0.05) is 181 Å². The molecule has 0 bridgehead atoms. The van der Waals surface area contributed by atoms with Gasteiger partial charge >= 0.3 is 0 Å². The zero-order valence-corrected chi connectivity index (χ0v) is 32.1. The Morgan fingerprint density at radius 3 is 1.32 bits per heavy atom. The fourth-order valence-electron chi connectivity index (χ4n) is 6.11. The van der Waals surface area contributed by atoms with E-state index in [2.05, 4.69) is 19.2 Å². The lowest BCUT2D eigenvalue weighted by atomic mass is 10.0. The summed E-state index contributed by atoms with van der Waals surface area (Å²) in [7, 11) is 1.63. The number of nitrogens with one attached hydrogen (secondary N) is 1. The molecule has 6 heteroatoms. The van der Waals surface area contributed by atoms with Crippen molar-refractivity contribution in [3.8, 4) is 0 Å². The molecule has 0 aromatic heterocycles. The van der Waals surface area contributed by atoms with Gasteiger partial charge in [-0.25, -0.2) is 0 Å². The van der Waals surface area contributed by atoms with Crippen LogP contribution in [0.3, 0.4) is 0 Å². The zero-order chi connectivity index (χ0) is 34.1. The maximum absolute atomic E-state index is 12.1. The molecule has 0 saturated carbocycles. The summed E-state index contributed by atoms with van der Waals surface area (Å²) in [6.07, 6.45) is 39.0. The minimum atomic E-state index is -0.0878. The summed E-state index contributed by atoms with van der Waals surface area (Å²) in [5.41, 5.74) is 0. The van der Waals surface area contributed by atoms with E-state index in [1.165, 1.54) is 167 Å². The van der Waals surface area contributed by atoms with Gasteiger partial charge < -0.3 is 24.3 Å². The molecule has 1 N–H and O–H groups in total. The molecule has 0 aliphatic rings. The van der Waals surface area contributed by atoms with Gasteiger partial charge in [-0.2, -0.15) is 0 Å². The van der Waals surface area contributed by atoms with Gasteiger partial charge in [-0.05, 0) is 19.3 Å². The lowest BCUT2D eigenvalue weighted by Gasteiger charge is -2.19. The molecule has 282 valence electrons. The van der Waals surface area contributed by atoms with Crippen molar-refractivity contribution in [2.24, 2.45) is 0 Å². The molecule has 6 nitrogen and oxygen atoms in total. The molecule has 1 atom stereocenters. The first-order valence-electron chi connectivity index (χ1n) is 20.8. The number of methoxy groups -OCH3 is 1. The Morgan fingerprint density at radius 1 is 0.489 bits per heavy atom. The van der Waals surface area contributed by atoms with Crippen LogP contribution in [0.2, 0.25) is 0 Å². The van der Waals surface area contributed by atoms with Gasteiger partial charge in [-0.3, -0.25) is 4.79 Å². The van der Waals surface area contributed by atoms with Gasteiger partial charge in [0.15, 0.2) is 0 Å². The smallest absolute Gasteiger partial charge is 0.246 e. The van der Waals surface area contributed by atoms with Crippen LogP contribution in [0.5, 0.6) is 0 Å². The van der Waals surface area contributed by atoms with E-state index < -0.39 is 0 Å². The quantitative estimate of drug-likeness (QED) is 0.0656. The highest BCUT2D eigenvalue weighted by Crippen LogP contribution is 2.15. The number of hydrogen-bond acceptors (Lipinski definition) is 5. The van der Waals surface area contributed by atoms with Crippen molar-refractivity contribution in [2.45, 2.75) is 206 Å². The molecular formula is C41H83NO5. The molecule has 0 aliphatic carbocycles. The van der Waals surface area contributed by atoms with E-state index in [0.717, 1.165) is 32.5 Å². The molecule has 0 radical (unpaired) electrons. The van der Waals surface area contributed by atoms with Crippen LogP contribution < -0.4 is 5.32 Å². The first-order chi connectivity index (χ1) is 23.2. The molecule has 0 aliphatic heterocycles. The van der Waals surface area contributed by atoms with Crippen molar-refractivity contribution in [1.29, 1.82) is 0 Å². The maximum atomic E-state index is 12.1. The fraction of sp³-hybridized carbons (Fsp3) is 0.976. The van der Waals surface area contributed by atoms with Gasteiger partial charge in [0.25, 0.3) is 0 Å². The third-order valence-corrected chi connectivity index (χ3v) is 9.25. The minimum absolute atomic E-state index is 0.0262. The lowest BCUT2D eigenvalue weighted by Crippen LogP contribution is -2.32. The van der Waals surface area contributed by atoms with E-state index in [-0.39, 0.29) is 18.6 Å². The Bertz CT molecular complexity index is 590. The van der Waals surface area contributed by atoms with Gasteiger partial charge in [-0.15, -0.1) is 0 Å². The molecule has 0 aromatic rings. The normalized spacial score (nSPS) is 12.1. The monoisotopic (exact) mass is 670 g/mol. The average Bonchev–Trinajstić information content (AvgIpc) is 3.07. The second-order valence-corrected chi connectivity index (χ2v) is 13.9. The Balaban J connectivity index is 3.91. The molecule has 0 saturated heterocycles. The molecule has 0 fully saturated rings. The molecule has 1 unspecified atom stereocenters. The summed E-state index contributed by atoms with van der Waals surface area (Å²) >= 11 is 0. The second kappa shape index (κ2) is 41.5. The number of carbonyl (C=O) groups excluding carboxylic acids is 1. The SMILES string of the molecule is CCCCCCCCCCCCCCCCOCC(CCNC(=O)COCCOC)OCCCCCCCCCCCCCCCC. The number of carbonyl (C=O) groups is 1. The molecule has 47 heavy (non-hydrogen) atoms. The van der Waals surface area contributed by atoms with Crippen molar-refractivity contribution < 1.29 is 23.7 Å². The largest absolute Gasteiger partial charge is 0.382 e. The number of rotatable bonds is 41. The molecule has 0 rings (SSSR count). The highest BCUT2D eigenvalue weighted by Gasteiger charge is 2.11. The zero-order valence-electron chi connectivity index (χ0n) is 32.1. The van der Waals surface area contributed by atoms with Crippen molar-refractivity contribution >= 4 is 5.91 Å². The van der Waals surface area contributed by atoms with Crippen LogP contribution in [0.1, 0.15) is 200 Å². The summed E-state index contributed by atoms with van der Waals surface area (Å²) in [5.74, 6) is -0.0878. The van der Waals surface area contributed by atoms with Gasteiger partial charge in [0, 0.05) is 26.9 Å². The molecular weight excluding hydrogens is 586 g/mol. The maximum Gasteiger partial charge on any atom is 0.246 e. The van der Waals surface area contributed by atoms with Crippen LogP contribution >= 0.6 is 0 Å².